The number of carbonyl (C=O) groups excluding carboxylic acids is 1. The van der Waals surface area contributed by atoms with Crippen molar-refractivity contribution in [1.82, 2.24) is 4.98 Å². The van der Waals surface area contributed by atoms with Crippen LogP contribution in [0.1, 0.15) is 52.9 Å². The molecule has 0 radical (unpaired) electrons. The van der Waals surface area contributed by atoms with Crippen molar-refractivity contribution in [3.8, 4) is 0 Å². The molecule has 4 heteroatoms. The van der Waals surface area contributed by atoms with E-state index in [1.165, 1.54) is 25.7 Å². The Bertz CT molecular complexity index is 526. The molecule has 120 valence electrons. The predicted molar refractivity (Wildman–Crippen MR) is 92.0 cm³/mol. The van der Waals surface area contributed by atoms with E-state index in [0.717, 1.165) is 18.7 Å². The average Bonchev–Trinajstić information content (AvgIpc) is 2.49. The number of anilines is 2. The van der Waals surface area contributed by atoms with Crippen molar-refractivity contribution in [2.45, 2.75) is 52.9 Å². The minimum atomic E-state index is -0.410. The summed E-state index contributed by atoms with van der Waals surface area (Å²) in [7, 11) is 0. The van der Waals surface area contributed by atoms with Crippen LogP contribution in [0, 0.1) is 5.41 Å². The summed E-state index contributed by atoms with van der Waals surface area (Å²) in [6.07, 6.45) is 10.4. The molecule has 0 unspecified atom stereocenters. The Labute approximate surface area is 133 Å². The Balaban J connectivity index is 1.79. The number of pyridine rings is 1. The smallest absolute Gasteiger partial charge is 0.230 e. The zero-order valence-electron chi connectivity index (χ0n) is 13.9. The Morgan fingerprint density at radius 3 is 2.68 bits per heavy atom. The lowest BCUT2D eigenvalue weighted by atomic mass is 9.96. The van der Waals surface area contributed by atoms with Crippen molar-refractivity contribution in [2.75, 3.05) is 17.2 Å². The zero-order chi connectivity index (χ0) is 16.0. The van der Waals surface area contributed by atoms with Gasteiger partial charge in [0.2, 0.25) is 5.91 Å². The Hall–Kier alpha value is -1.84. The maximum atomic E-state index is 11.9. The fraction of sp³-hybridized carbons (Fsp3) is 0.556. The highest BCUT2D eigenvalue weighted by molar-refractivity contribution is 5.93. The van der Waals surface area contributed by atoms with Gasteiger partial charge in [0.15, 0.2) is 0 Å². The molecule has 4 nitrogen and oxygen atoms in total. The third-order valence-electron chi connectivity index (χ3n) is 3.85. The topological polar surface area (TPSA) is 54.0 Å². The fourth-order valence-electron chi connectivity index (χ4n) is 2.38. The van der Waals surface area contributed by atoms with Crippen molar-refractivity contribution in [3.63, 3.8) is 0 Å². The van der Waals surface area contributed by atoms with E-state index in [1.54, 1.807) is 11.8 Å². The lowest BCUT2D eigenvalue weighted by Gasteiger charge is -2.17. The van der Waals surface area contributed by atoms with Crippen LogP contribution in [0.2, 0.25) is 0 Å². The van der Waals surface area contributed by atoms with Gasteiger partial charge in [-0.15, -0.1) is 0 Å². The SMILES string of the molecule is CC(C)(C)C(=O)Nc1ccc(NCCC2=CCCCC2)cn1. The van der Waals surface area contributed by atoms with E-state index < -0.39 is 5.41 Å². The average molecular weight is 301 g/mol. The van der Waals surface area contributed by atoms with Gasteiger partial charge in [0, 0.05) is 12.0 Å². The van der Waals surface area contributed by atoms with Crippen LogP contribution in [0.15, 0.2) is 30.0 Å². The largest absolute Gasteiger partial charge is 0.383 e. The van der Waals surface area contributed by atoms with Crippen LogP contribution in [0.25, 0.3) is 0 Å². The molecular weight excluding hydrogens is 274 g/mol. The van der Waals surface area contributed by atoms with E-state index in [2.05, 4.69) is 21.7 Å². The van der Waals surface area contributed by atoms with E-state index in [9.17, 15) is 4.79 Å². The van der Waals surface area contributed by atoms with Gasteiger partial charge in [0.05, 0.1) is 11.9 Å². The number of carbonyl (C=O) groups is 1. The maximum Gasteiger partial charge on any atom is 0.230 e. The predicted octanol–water partition coefficient (Wildman–Crippen LogP) is 4.37. The number of hydrogen-bond donors (Lipinski definition) is 2. The number of amides is 1. The highest BCUT2D eigenvalue weighted by Gasteiger charge is 2.21. The lowest BCUT2D eigenvalue weighted by Crippen LogP contribution is -2.27. The van der Waals surface area contributed by atoms with Gasteiger partial charge in [-0.2, -0.15) is 0 Å². The zero-order valence-corrected chi connectivity index (χ0v) is 13.9. The number of nitrogens with one attached hydrogen (secondary N) is 2. The van der Waals surface area contributed by atoms with Crippen LogP contribution in [0.5, 0.6) is 0 Å². The lowest BCUT2D eigenvalue weighted by molar-refractivity contribution is -0.123. The first-order valence-electron chi connectivity index (χ1n) is 8.14. The van der Waals surface area contributed by atoms with E-state index in [-0.39, 0.29) is 5.91 Å². The molecule has 0 saturated heterocycles. The Morgan fingerprint density at radius 1 is 1.27 bits per heavy atom. The molecule has 22 heavy (non-hydrogen) atoms. The van der Waals surface area contributed by atoms with Crippen LogP contribution in [-0.2, 0) is 4.79 Å². The van der Waals surface area contributed by atoms with Crippen molar-refractivity contribution in [1.29, 1.82) is 0 Å². The summed E-state index contributed by atoms with van der Waals surface area (Å²) in [5.41, 5.74) is 2.15. The molecular formula is C18H27N3O. The third kappa shape index (κ3) is 5.17. The van der Waals surface area contributed by atoms with Crippen molar-refractivity contribution in [2.24, 2.45) is 5.41 Å². The quantitative estimate of drug-likeness (QED) is 0.794. The fourth-order valence-corrected chi connectivity index (χ4v) is 2.38. The molecule has 1 aromatic heterocycles. The summed E-state index contributed by atoms with van der Waals surface area (Å²) in [6, 6.07) is 3.80. The monoisotopic (exact) mass is 301 g/mol. The second kappa shape index (κ2) is 7.43. The van der Waals surface area contributed by atoms with Gasteiger partial charge in [-0.05, 0) is 44.2 Å². The van der Waals surface area contributed by atoms with Crippen LogP contribution in [0.4, 0.5) is 11.5 Å². The van der Waals surface area contributed by atoms with Gasteiger partial charge in [-0.1, -0.05) is 32.4 Å². The molecule has 2 rings (SSSR count). The first-order chi connectivity index (χ1) is 10.4. The van der Waals surface area contributed by atoms with Crippen molar-refractivity contribution >= 4 is 17.4 Å². The minimum Gasteiger partial charge on any atom is -0.383 e. The van der Waals surface area contributed by atoms with Gasteiger partial charge in [-0.3, -0.25) is 4.79 Å². The summed E-state index contributed by atoms with van der Waals surface area (Å²) in [4.78, 5) is 16.2. The molecule has 0 aliphatic heterocycles. The molecule has 2 N–H and O–H groups in total. The van der Waals surface area contributed by atoms with Gasteiger partial charge in [0.1, 0.15) is 5.82 Å². The number of nitrogens with zero attached hydrogens (tertiary/aromatic N) is 1. The molecule has 0 saturated carbocycles. The summed E-state index contributed by atoms with van der Waals surface area (Å²) >= 11 is 0. The van der Waals surface area contributed by atoms with E-state index in [1.807, 2.05) is 32.9 Å². The number of allylic oxidation sites excluding steroid dienone is 1. The summed E-state index contributed by atoms with van der Waals surface area (Å²) in [6.45, 7) is 6.59. The van der Waals surface area contributed by atoms with E-state index >= 15 is 0 Å². The van der Waals surface area contributed by atoms with Crippen molar-refractivity contribution in [3.05, 3.63) is 30.0 Å². The Kier molecular flexibility index (Phi) is 5.58. The summed E-state index contributed by atoms with van der Waals surface area (Å²) in [5.74, 6) is 0.574. The maximum absolute atomic E-state index is 11.9. The molecule has 1 amide bonds. The number of hydrogen-bond acceptors (Lipinski definition) is 3. The highest BCUT2D eigenvalue weighted by atomic mass is 16.2. The molecule has 0 fully saturated rings. The molecule has 1 aliphatic rings. The van der Waals surface area contributed by atoms with Gasteiger partial charge in [0.25, 0.3) is 0 Å². The first-order valence-corrected chi connectivity index (χ1v) is 8.14. The second-order valence-electron chi connectivity index (χ2n) is 6.92. The third-order valence-corrected chi connectivity index (χ3v) is 3.85. The summed E-state index contributed by atoms with van der Waals surface area (Å²) < 4.78 is 0. The van der Waals surface area contributed by atoms with Gasteiger partial charge < -0.3 is 10.6 Å². The van der Waals surface area contributed by atoms with Gasteiger partial charge in [-0.25, -0.2) is 4.98 Å². The molecule has 0 bridgehead atoms. The highest BCUT2D eigenvalue weighted by Crippen LogP contribution is 2.20. The summed E-state index contributed by atoms with van der Waals surface area (Å²) in [5, 5.41) is 6.22. The van der Waals surface area contributed by atoms with Crippen LogP contribution in [0.3, 0.4) is 0 Å². The second-order valence-corrected chi connectivity index (χ2v) is 6.92. The number of aromatic nitrogens is 1. The normalized spacial score (nSPS) is 15.1. The molecule has 1 aromatic rings. The molecule has 0 aromatic carbocycles. The molecule has 1 aliphatic carbocycles. The van der Waals surface area contributed by atoms with E-state index in [4.69, 9.17) is 0 Å². The minimum absolute atomic E-state index is 0.0232. The molecule has 0 atom stereocenters. The number of rotatable bonds is 5. The Morgan fingerprint density at radius 2 is 2.09 bits per heavy atom. The van der Waals surface area contributed by atoms with Crippen molar-refractivity contribution < 1.29 is 4.79 Å². The standard InChI is InChI=1S/C18H27N3O/c1-18(2,3)17(22)21-16-10-9-15(13-20-16)19-12-11-14-7-5-4-6-8-14/h7,9-10,13,19H,4-6,8,11-12H2,1-3H3,(H,20,21,22). The van der Waals surface area contributed by atoms with E-state index in [0.29, 0.717) is 5.82 Å². The first kappa shape index (κ1) is 16.5. The van der Waals surface area contributed by atoms with Gasteiger partial charge >= 0.3 is 0 Å². The van der Waals surface area contributed by atoms with Crippen LogP contribution in [-0.4, -0.2) is 17.4 Å². The molecule has 0 spiro atoms. The van der Waals surface area contributed by atoms with Crippen LogP contribution >= 0.6 is 0 Å². The molecule has 1 heterocycles. The van der Waals surface area contributed by atoms with Crippen LogP contribution < -0.4 is 10.6 Å².